The molecule has 0 heterocycles. The summed E-state index contributed by atoms with van der Waals surface area (Å²) in [5.74, 6) is 1.51. The van der Waals surface area contributed by atoms with Gasteiger partial charge in [-0.3, -0.25) is 0 Å². The van der Waals surface area contributed by atoms with Gasteiger partial charge < -0.3 is 5.11 Å². The molecule has 1 fully saturated rings. The van der Waals surface area contributed by atoms with Crippen LogP contribution < -0.4 is 0 Å². The number of hydrogen-bond acceptors (Lipinski definition) is 1. The highest BCUT2D eigenvalue weighted by Crippen LogP contribution is 2.27. The van der Waals surface area contributed by atoms with Crippen molar-refractivity contribution in [3.05, 3.63) is 0 Å². The zero-order valence-electron chi connectivity index (χ0n) is 8.42. The average molecular weight is 170 g/mol. The van der Waals surface area contributed by atoms with Gasteiger partial charge in [0.15, 0.2) is 0 Å². The van der Waals surface area contributed by atoms with Crippen LogP contribution in [0.2, 0.25) is 0 Å². The van der Waals surface area contributed by atoms with E-state index in [2.05, 4.69) is 13.8 Å². The first-order valence-corrected chi connectivity index (χ1v) is 5.38. The first-order chi connectivity index (χ1) is 5.70. The Labute approximate surface area is 76.2 Å². The third kappa shape index (κ3) is 3.14. The fraction of sp³-hybridized carbons (Fsp3) is 1.00. The average Bonchev–Trinajstić information content (AvgIpc) is 1.95. The Balaban J connectivity index is 2.38. The molecule has 1 saturated carbocycles. The first kappa shape index (κ1) is 10.0. The molecule has 1 aliphatic carbocycles. The second-order valence-electron chi connectivity index (χ2n) is 4.53. The molecule has 1 aliphatic rings. The topological polar surface area (TPSA) is 20.2 Å². The van der Waals surface area contributed by atoms with Gasteiger partial charge in [-0.2, -0.15) is 0 Å². The number of aliphatic hydroxyl groups is 1. The van der Waals surface area contributed by atoms with Gasteiger partial charge in [-0.25, -0.2) is 0 Å². The normalized spacial score (nSPS) is 33.0. The highest BCUT2D eigenvalue weighted by atomic mass is 16.3. The quantitative estimate of drug-likeness (QED) is 0.641. The van der Waals surface area contributed by atoms with Crippen molar-refractivity contribution in [3.63, 3.8) is 0 Å². The van der Waals surface area contributed by atoms with Crippen LogP contribution in [-0.2, 0) is 0 Å². The lowest BCUT2D eigenvalue weighted by Gasteiger charge is -2.26. The standard InChI is InChI=1S/C11H22O/c1-9(2)10-6-4-3-5-7-11(12)8-10/h9-12H,3-8H2,1-2H3. The molecule has 1 rings (SSSR count). The van der Waals surface area contributed by atoms with Crippen molar-refractivity contribution in [1.29, 1.82) is 0 Å². The second kappa shape index (κ2) is 4.86. The Morgan fingerprint density at radius 1 is 1.08 bits per heavy atom. The van der Waals surface area contributed by atoms with E-state index in [9.17, 15) is 5.11 Å². The van der Waals surface area contributed by atoms with E-state index in [0.717, 1.165) is 24.7 Å². The number of rotatable bonds is 1. The molecule has 72 valence electrons. The van der Waals surface area contributed by atoms with Crippen LogP contribution in [0.1, 0.15) is 52.4 Å². The molecule has 0 amide bonds. The fourth-order valence-electron chi connectivity index (χ4n) is 2.15. The Morgan fingerprint density at radius 2 is 1.75 bits per heavy atom. The number of aliphatic hydroxyl groups excluding tert-OH is 1. The molecule has 1 nitrogen and oxygen atoms in total. The lowest BCUT2D eigenvalue weighted by Crippen LogP contribution is -2.19. The van der Waals surface area contributed by atoms with E-state index in [1.165, 1.54) is 25.7 Å². The minimum Gasteiger partial charge on any atom is -0.393 e. The minimum absolute atomic E-state index is 0.0160. The summed E-state index contributed by atoms with van der Waals surface area (Å²) < 4.78 is 0. The first-order valence-electron chi connectivity index (χ1n) is 5.38. The van der Waals surface area contributed by atoms with Crippen LogP contribution >= 0.6 is 0 Å². The largest absolute Gasteiger partial charge is 0.393 e. The van der Waals surface area contributed by atoms with Crippen molar-refractivity contribution in [2.75, 3.05) is 0 Å². The lowest BCUT2D eigenvalue weighted by atomic mass is 9.82. The highest BCUT2D eigenvalue weighted by Gasteiger charge is 2.19. The molecular formula is C11H22O. The van der Waals surface area contributed by atoms with E-state index >= 15 is 0 Å². The monoisotopic (exact) mass is 170 g/mol. The Hall–Kier alpha value is -0.0400. The molecule has 0 bridgehead atoms. The van der Waals surface area contributed by atoms with Crippen LogP contribution in [0.5, 0.6) is 0 Å². The van der Waals surface area contributed by atoms with Crippen molar-refractivity contribution >= 4 is 0 Å². The third-order valence-corrected chi connectivity index (χ3v) is 3.13. The molecule has 2 unspecified atom stereocenters. The summed E-state index contributed by atoms with van der Waals surface area (Å²) in [4.78, 5) is 0. The van der Waals surface area contributed by atoms with Gasteiger partial charge in [0.05, 0.1) is 6.10 Å². The molecule has 0 aromatic heterocycles. The van der Waals surface area contributed by atoms with Gasteiger partial charge >= 0.3 is 0 Å². The maximum atomic E-state index is 9.63. The summed E-state index contributed by atoms with van der Waals surface area (Å²) in [5, 5.41) is 9.63. The summed E-state index contributed by atoms with van der Waals surface area (Å²) in [7, 11) is 0. The van der Waals surface area contributed by atoms with E-state index in [0.29, 0.717) is 0 Å². The van der Waals surface area contributed by atoms with Gasteiger partial charge in [0, 0.05) is 0 Å². The minimum atomic E-state index is -0.0160. The Bertz CT molecular complexity index is 120. The second-order valence-corrected chi connectivity index (χ2v) is 4.53. The van der Waals surface area contributed by atoms with Gasteiger partial charge in [-0.15, -0.1) is 0 Å². The van der Waals surface area contributed by atoms with Gasteiger partial charge in [-0.05, 0) is 24.7 Å². The van der Waals surface area contributed by atoms with Crippen molar-refractivity contribution in [1.82, 2.24) is 0 Å². The SMILES string of the molecule is CC(C)C1CCCCCC(O)C1. The molecule has 1 heteroatoms. The molecule has 2 atom stereocenters. The van der Waals surface area contributed by atoms with Crippen LogP contribution in [0.15, 0.2) is 0 Å². The van der Waals surface area contributed by atoms with Crippen molar-refractivity contribution < 1.29 is 5.11 Å². The van der Waals surface area contributed by atoms with E-state index in [1.807, 2.05) is 0 Å². The summed E-state index contributed by atoms with van der Waals surface area (Å²) >= 11 is 0. The molecule has 0 saturated heterocycles. The van der Waals surface area contributed by atoms with Crippen LogP contribution in [-0.4, -0.2) is 11.2 Å². The predicted molar refractivity (Wildman–Crippen MR) is 52.0 cm³/mol. The van der Waals surface area contributed by atoms with E-state index < -0.39 is 0 Å². The van der Waals surface area contributed by atoms with Gasteiger partial charge in [-0.1, -0.05) is 39.5 Å². The summed E-state index contributed by atoms with van der Waals surface area (Å²) in [5.41, 5.74) is 0. The fourth-order valence-corrected chi connectivity index (χ4v) is 2.15. The zero-order valence-corrected chi connectivity index (χ0v) is 8.42. The molecule has 0 aromatic rings. The van der Waals surface area contributed by atoms with Gasteiger partial charge in [0.2, 0.25) is 0 Å². The number of hydrogen-bond donors (Lipinski definition) is 1. The molecule has 0 aliphatic heterocycles. The van der Waals surface area contributed by atoms with Crippen molar-refractivity contribution in [2.24, 2.45) is 11.8 Å². The highest BCUT2D eigenvalue weighted by molar-refractivity contribution is 4.71. The van der Waals surface area contributed by atoms with Crippen molar-refractivity contribution in [3.8, 4) is 0 Å². The Kier molecular flexibility index (Phi) is 4.07. The molecular weight excluding hydrogens is 148 g/mol. The lowest BCUT2D eigenvalue weighted by molar-refractivity contribution is 0.105. The summed E-state index contributed by atoms with van der Waals surface area (Å²) in [6.45, 7) is 4.55. The smallest absolute Gasteiger partial charge is 0.0543 e. The van der Waals surface area contributed by atoms with Crippen molar-refractivity contribution in [2.45, 2.75) is 58.5 Å². The zero-order chi connectivity index (χ0) is 8.97. The van der Waals surface area contributed by atoms with Gasteiger partial charge in [0.25, 0.3) is 0 Å². The summed E-state index contributed by atoms with van der Waals surface area (Å²) in [6.07, 6.45) is 7.30. The third-order valence-electron chi connectivity index (χ3n) is 3.13. The maximum Gasteiger partial charge on any atom is 0.0543 e. The molecule has 0 radical (unpaired) electrons. The van der Waals surface area contributed by atoms with Crippen LogP contribution in [0, 0.1) is 11.8 Å². The molecule has 1 N–H and O–H groups in total. The van der Waals surface area contributed by atoms with Crippen LogP contribution in [0.3, 0.4) is 0 Å². The molecule has 12 heavy (non-hydrogen) atoms. The maximum absolute atomic E-state index is 9.63. The van der Waals surface area contributed by atoms with Gasteiger partial charge in [0.1, 0.15) is 0 Å². The Morgan fingerprint density at radius 3 is 2.42 bits per heavy atom. The molecule has 0 aromatic carbocycles. The van der Waals surface area contributed by atoms with E-state index in [-0.39, 0.29) is 6.10 Å². The van der Waals surface area contributed by atoms with Crippen LogP contribution in [0.25, 0.3) is 0 Å². The summed E-state index contributed by atoms with van der Waals surface area (Å²) in [6, 6.07) is 0. The van der Waals surface area contributed by atoms with E-state index in [1.54, 1.807) is 0 Å². The molecule has 0 spiro atoms. The predicted octanol–water partition coefficient (Wildman–Crippen LogP) is 2.97. The van der Waals surface area contributed by atoms with Crippen LogP contribution in [0.4, 0.5) is 0 Å². The van der Waals surface area contributed by atoms with E-state index in [4.69, 9.17) is 0 Å².